The summed E-state index contributed by atoms with van der Waals surface area (Å²) in [5, 5.41) is -0.0403. The first-order valence-corrected chi connectivity index (χ1v) is 8.29. The predicted octanol–water partition coefficient (Wildman–Crippen LogP) is 1.11. The number of benzene rings is 1. The van der Waals surface area contributed by atoms with Crippen LogP contribution in [0.3, 0.4) is 0 Å². The van der Waals surface area contributed by atoms with Crippen LogP contribution in [0.5, 0.6) is 0 Å². The first kappa shape index (κ1) is 18.4. The highest BCUT2D eigenvalue weighted by atomic mass is 35.5. The number of sulfonamides is 1. The molecule has 0 aliphatic rings. The minimum absolute atomic E-state index is 0.0114. The van der Waals surface area contributed by atoms with E-state index in [4.69, 9.17) is 11.6 Å². The summed E-state index contributed by atoms with van der Waals surface area (Å²) in [6.07, 6.45) is 0. The molecule has 0 fully saturated rings. The lowest BCUT2D eigenvalue weighted by Gasteiger charge is -2.16. The minimum atomic E-state index is -4.20. The lowest BCUT2D eigenvalue weighted by molar-refractivity contribution is -0.157. The Hall–Kier alpha value is -1.64. The van der Waals surface area contributed by atoms with Crippen molar-refractivity contribution in [2.45, 2.75) is 24.8 Å². The first-order chi connectivity index (χ1) is 10.3. The van der Waals surface area contributed by atoms with Gasteiger partial charge in [-0.1, -0.05) is 23.7 Å². The summed E-state index contributed by atoms with van der Waals surface area (Å²) < 4.78 is 35.9. The van der Waals surface area contributed by atoms with E-state index < -0.39 is 28.0 Å². The maximum Gasteiger partial charge on any atom is 0.335 e. The molecular weight excluding hydrogens is 334 g/mol. The molecule has 0 saturated heterocycles. The summed E-state index contributed by atoms with van der Waals surface area (Å²) >= 11 is 5.82. The standard InChI is InChI=1S/C13H16ClNO6S/c1-3-20-12(16)11(13(17)21-4-2)15-22(18,19)10-8-6-5-7-9(10)14/h5-8,11,15H,3-4H2,1-2H3. The van der Waals surface area contributed by atoms with Crippen molar-refractivity contribution in [1.29, 1.82) is 0 Å². The molecule has 0 saturated carbocycles. The van der Waals surface area contributed by atoms with Crippen molar-refractivity contribution in [2.75, 3.05) is 13.2 Å². The number of hydrogen-bond acceptors (Lipinski definition) is 6. The van der Waals surface area contributed by atoms with Crippen LogP contribution in [0.25, 0.3) is 0 Å². The SMILES string of the molecule is CCOC(=O)C(NS(=O)(=O)c1ccccc1Cl)C(=O)OCC. The van der Waals surface area contributed by atoms with E-state index in [9.17, 15) is 18.0 Å². The van der Waals surface area contributed by atoms with E-state index in [1.807, 2.05) is 4.72 Å². The zero-order valence-electron chi connectivity index (χ0n) is 12.0. The highest BCUT2D eigenvalue weighted by Crippen LogP contribution is 2.20. The van der Waals surface area contributed by atoms with Gasteiger partial charge in [0.2, 0.25) is 16.1 Å². The second-order valence-electron chi connectivity index (χ2n) is 3.99. The fraction of sp³-hybridized carbons (Fsp3) is 0.385. The largest absolute Gasteiger partial charge is 0.464 e. The van der Waals surface area contributed by atoms with Crippen molar-refractivity contribution in [3.05, 3.63) is 29.3 Å². The van der Waals surface area contributed by atoms with Gasteiger partial charge in [0.15, 0.2) is 0 Å². The molecule has 22 heavy (non-hydrogen) atoms. The van der Waals surface area contributed by atoms with Gasteiger partial charge in [-0.2, -0.15) is 4.72 Å². The van der Waals surface area contributed by atoms with Crippen LogP contribution >= 0.6 is 11.6 Å². The number of rotatable bonds is 7. The molecule has 1 N–H and O–H groups in total. The molecule has 0 spiro atoms. The highest BCUT2D eigenvalue weighted by molar-refractivity contribution is 7.89. The smallest absolute Gasteiger partial charge is 0.335 e. The van der Waals surface area contributed by atoms with Gasteiger partial charge in [0.1, 0.15) is 4.90 Å². The van der Waals surface area contributed by atoms with E-state index in [1.165, 1.54) is 32.0 Å². The second-order valence-corrected chi connectivity index (χ2v) is 6.08. The molecule has 0 aromatic heterocycles. The number of nitrogens with one attached hydrogen (secondary N) is 1. The average Bonchev–Trinajstić information content (AvgIpc) is 2.45. The monoisotopic (exact) mass is 349 g/mol. The van der Waals surface area contributed by atoms with E-state index in [0.29, 0.717) is 0 Å². The summed E-state index contributed by atoms with van der Waals surface area (Å²) in [6.45, 7) is 3.04. The first-order valence-electron chi connectivity index (χ1n) is 6.43. The summed E-state index contributed by atoms with van der Waals surface area (Å²) in [5.41, 5.74) is 0. The Morgan fingerprint density at radius 3 is 2.09 bits per heavy atom. The van der Waals surface area contributed by atoms with Crippen molar-refractivity contribution >= 4 is 33.6 Å². The molecule has 9 heteroatoms. The van der Waals surface area contributed by atoms with Gasteiger partial charge in [-0.3, -0.25) is 0 Å². The molecule has 0 bridgehead atoms. The number of halogens is 1. The van der Waals surface area contributed by atoms with E-state index >= 15 is 0 Å². The molecule has 0 atom stereocenters. The number of carbonyl (C=O) groups is 2. The van der Waals surface area contributed by atoms with Gasteiger partial charge in [-0.25, -0.2) is 18.0 Å². The molecule has 1 aromatic carbocycles. The molecular formula is C13H16ClNO6S. The Morgan fingerprint density at radius 1 is 1.14 bits per heavy atom. The zero-order chi connectivity index (χ0) is 16.8. The van der Waals surface area contributed by atoms with Crippen LogP contribution < -0.4 is 4.72 Å². The number of ether oxygens (including phenoxy) is 2. The molecule has 122 valence electrons. The Balaban J connectivity index is 3.10. The van der Waals surface area contributed by atoms with Crippen molar-refractivity contribution in [1.82, 2.24) is 4.72 Å². The van der Waals surface area contributed by atoms with Gasteiger partial charge in [0.05, 0.1) is 18.2 Å². The molecule has 0 amide bonds. The van der Waals surface area contributed by atoms with Gasteiger partial charge in [0, 0.05) is 0 Å². The highest BCUT2D eigenvalue weighted by Gasteiger charge is 2.35. The van der Waals surface area contributed by atoms with Crippen LogP contribution in [0.2, 0.25) is 5.02 Å². The quantitative estimate of drug-likeness (QED) is 0.585. The molecule has 0 aliphatic carbocycles. The Kier molecular flexibility index (Phi) is 6.79. The van der Waals surface area contributed by atoms with Crippen LogP contribution in [0.15, 0.2) is 29.2 Å². The fourth-order valence-electron chi connectivity index (χ4n) is 1.52. The second kappa shape index (κ2) is 8.11. The van der Waals surface area contributed by atoms with Gasteiger partial charge in [-0.05, 0) is 26.0 Å². The summed E-state index contributed by atoms with van der Waals surface area (Å²) in [4.78, 5) is 23.3. The van der Waals surface area contributed by atoms with E-state index in [0.717, 1.165) is 0 Å². The Morgan fingerprint density at radius 2 is 1.64 bits per heavy atom. The molecule has 0 radical (unpaired) electrons. The lowest BCUT2D eigenvalue weighted by atomic mass is 10.3. The van der Waals surface area contributed by atoms with Crippen LogP contribution in [-0.2, 0) is 29.1 Å². The van der Waals surface area contributed by atoms with Crippen molar-refractivity contribution < 1.29 is 27.5 Å². The molecule has 1 aromatic rings. The lowest BCUT2D eigenvalue weighted by Crippen LogP contribution is -2.48. The average molecular weight is 350 g/mol. The van der Waals surface area contributed by atoms with Gasteiger partial charge in [-0.15, -0.1) is 0 Å². The molecule has 0 aliphatic heterocycles. The summed E-state index contributed by atoms with van der Waals surface area (Å²) in [5.74, 6) is -2.09. The van der Waals surface area contributed by atoms with Crippen LogP contribution in [0, 0.1) is 0 Å². The molecule has 1 rings (SSSR count). The van der Waals surface area contributed by atoms with Crippen molar-refractivity contribution in [3.63, 3.8) is 0 Å². The number of hydrogen-bond donors (Lipinski definition) is 1. The van der Waals surface area contributed by atoms with E-state index in [1.54, 1.807) is 6.07 Å². The maximum absolute atomic E-state index is 12.3. The molecule has 7 nitrogen and oxygen atoms in total. The van der Waals surface area contributed by atoms with Crippen molar-refractivity contribution in [3.8, 4) is 0 Å². The summed E-state index contributed by atoms with van der Waals surface area (Å²) in [6, 6.07) is 3.85. The van der Waals surface area contributed by atoms with Crippen molar-refractivity contribution in [2.24, 2.45) is 0 Å². The molecule has 0 unspecified atom stereocenters. The minimum Gasteiger partial charge on any atom is -0.464 e. The third-order valence-corrected chi connectivity index (χ3v) is 4.37. The zero-order valence-corrected chi connectivity index (χ0v) is 13.6. The predicted molar refractivity (Wildman–Crippen MR) is 78.8 cm³/mol. The van der Waals surface area contributed by atoms with Crippen LogP contribution in [0.1, 0.15) is 13.8 Å². The van der Waals surface area contributed by atoms with E-state index in [2.05, 4.69) is 9.47 Å². The van der Waals surface area contributed by atoms with Gasteiger partial charge in [0.25, 0.3) is 0 Å². The Labute approximate surface area is 133 Å². The third kappa shape index (κ3) is 4.69. The topological polar surface area (TPSA) is 98.8 Å². The molecule has 0 heterocycles. The van der Waals surface area contributed by atoms with Gasteiger partial charge < -0.3 is 9.47 Å². The maximum atomic E-state index is 12.3. The van der Waals surface area contributed by atoms with Crippen LogP contribution in [-0.4, -0.2) is 39.6 Å². The normalized spacial score (nSPS) is 11.3. The van der Waals surface area contributed by atoms with Gasteiger partial charge >= 0.3 is 11.9 Å². The number of esters is 2. The number of carbonyl (C=O) groups excluding carboxylic acids is 2. The Bertz CT molecular complexity index is 628. The summed E-state index contributed by atoms with van der Waals surface area (Å²) in [7, 11) is -4.20. The van der Waals surface area contributed by atoms with Crippen LogP contribution in [0.4, 0.5) is 0 Å². The fourth-order valence-corrected chi connectivity index (χ4v) is 3.18. The third-order valence-electron chi connectivity index (χ3n) is 2.44. The van der Waals surface area contributed by atoms with E-state index in [-0.39, 0.29) is 23.1 Å².